The molecule has 0 aliphatic heterocycles. The van der Waals surface area contributed by atoms with E-state index >= 15 is 0 Å². The number of alkyl halides is 3. The number of nitrogens with one attached hydrogen (secondary N) is 2. The molecule has 25 heavy (non-hydrogen) atoms. The van der Waals surface area contributed by atoms with Crippen LogP contribution in [0.25, 0.3) is 0 Å². The van der Waals surface area contributed by atoms with Gasteiger partial charge in [0.2, 0.25) is 11.8 Å². The van der Waals surface area contributed by atoms with E-state index in [1.807, 2.05) is 6.07 Å². The van der Waals surface area contributed by atoms with Crippen LogP contribution in [0.5, 0.6) is 0 Å². The Balaban J connectivity index is 1.76. The zero-order chi connectivity index (χ0) is 18.3. The number of hydrogen-bond acceptors (Lipinski definition) is 3. The van der Waals surface area contributed by atoms with Crippen LogP contribution in [-0.4, -0.2) is 23.3 Å². The minimum Gasteiger partial charge on any atom is -0.325 e. The van der Waals surface area contributed by atoms with Crippen LogP contribution in [0.1, 0.15) is 5.56 Å². The van der Waals surface area contributed by atoms with E-state index in [1.54, 1.807) is 24.3 Å². The van der Waals surface area contributed by atoms with Gasteiger partial charge < -0.3 is 10.6 Å². The molecule has 2 aromatic carbocycles. The van der Waals surface area contributed by atoms with Crippen molar-refractivity contribution in [3.05, 3.63) is 60.2 Å². The van der Waals surface area contributed by atoms with Crippen LogP contribution in [0.4, 0.5) is 24.5 Å². The average molecular weight is 368 g/mol. The number of carbonyl (C=O) groups excluding carboxylic acids is 2. The molecule has 0 fully saturated rings. The summed E-state index contributed by atoms with van der Waals surface area (Å²) in [6.45, 7) is 0. The average Bonchev–Trinajstić information content (AvgIpc) is 2.55. The zero-order valence-corrected chi connectivity index (χ0v) is 13.8. The van der Waals surface area contributed by atoms with E-state index in [0.717, 1.165) is 23.9 Å². The lowest BCUT2D eigenvalue weighted by Crippen LogP contribution is -2.18. The Morgan fingerprint density at radius 1 is 0.840 bits per heavy atom. The Bertz CT molecular complexity index is 736. The van der Waals surface area contributed by atoms with Crippen molar-refractivity contribution >= 4 is 35.0 Å². The van der Waals surface area contributed by atoms with E-state index in [-0.39, 0.29) is 23.1 Å². The molecular formula is C17H15F3N2O2S. The first-order valence-electron chi connectivity index (χ1n) is 7.24. The number of benzene rings is 2. The smallest absolute Gasteiger partial charge is 0.325 e. The summed E-state index contributed by atoms with van der Waals surface area (Å²) < 4.78 is 37.8. The first kappa shape index (κ1) is 18.9. The third kappa shape index (κ3) is 6.50. The Hall–Kier alpha value is -2.48. The molecule has 0 aromatic heterocycles. The van der Waals surface area contributed by atoms with Crippen molar-refractivity contribution in [1.29, 1.82) is 0 Å². The summed E-state index contributed by atoms with van der Waals surface area (Å²) in [6, 6.07) is 13.3. The molecule has 0 saturated heterocycles. The maximum atomic E-state index is 12.6. The molecule has 0 radical (unpaired) electrons. The van der Waals surface area contributed by atoms with Crippen LogP contribution in [0.3, 0.4) is 0 Å². The second-order valence-corrected chi connectivity index (χ2v) is 6.02. The fourth-order valence-electron chi connectivity index (χ4n) is 1.93. The third-order valence-corrected chi connectivity index (χ3v) is 3.93. The van der Waals surface area contributed by atoms with Crippen LogP contribution in [0.15, 0.2) is 54.6 Å². The van der Waals surface area contributed by atoms with Gasteiger partial charge in [0.05, 0.1) is 17.1 Å². The molecule has 0 atom stereocenters. The Morgan fingerprint density at radius 2 is 1.40 bits per heavy atom. The maximum absolute atomic E-state index is 12.6. The van der Waals surface area contributed by atoms with Gasteiger partial charge in [-0.05, 0) is 30.3 Å². The minimum absolute atomic E-state index is 0.0432. The van der Waals surface area contributed by atoms with Crippen molar-refractivity contribution in [1.82, 2.24) is 0 Å². The van der Waals surface area contributed by atoms with Crippen LogP contribution in [0, 0.1) is 0 Å². The molecule has 0 heterocycles. The number of rotatable bonds is 6. The highest BCUT2D eigenvalue weighted by Crippen LogP contribution is 2.30. The Kier molecular flexibility index (Phi) is 6.46. The van der Waals surface area contributed by atoms with E-state index < -0.39 is 17.6 Å². The first-order valence-corrected chi connectivity index (χ1v) is 8.40. The number of amides is 2. The quantitative estimate of drug-likeness (QED) is 0.810. The molecule has 2 amide bonds. The standard InChI is InChI=1S/C17H15F3N2O2S/c18-17(19,20)12-5-4-8-14(9-12)22-16(24)11-25-10-15(23)21-13-6-2-1-3-7-13/h1-9H,10-11H2,(H,21,23)(H,22,24). The lowest BCUT2D eigenvalue weighted by molar-refractivity contribution is -0.137. The number of halogens is 3. The summed E-state index contributed by atoms with van der Waals surface area (Å²) in [5.74, 6) is -0.719. The molecule has 0 unspecified atom stereocenters. The van der Waals surface area contributed by atoms with Crippen molar-refractivity contribution in [2.45, 2.75) is 6.18 Å². The number of hydrogen-bond donors (Lipinski definition) is 2. The highest BCUT2D eigenvalue weighted by atomic mass is 32.2. The van der Waals surface area contributed by atoms with Crippen LogP contribution in [-0.2, 0) is 15.8 Å². The second-order valence-electron chi connectivity index (χ2n) is 5.03. The van der Waals surface area contributed by atoms with E-state index in [9.17, 15) is 22.8 Å². The van der Waals surface area contributed by atoms with Gasteiger partial charge in [0.25, 0.3) is 0 Å². The van der Waals surface area contributed by atoms with Gasteiger partial charge in [0, 0.05) is 11.4 Å². The maximum Gasteiger partial charge on any atom is 0.416 e. The summed E-state index contributed by atoms with van der Waals surface area (Å²) >= 11 is 1.07. The second kappa shape index (κ2) is 8.57. The van der Waals surface area contributed by atoms with E-state index in [1.165, 1.54) is 12.1 Å². The van der Waals surface area contributed by atoms with Crippen LogP contribution in [0.2, 0.25) is 0 Å². The molecule has 2 aromatic rings. The van der Waals surface area contributed by atoms with Gasteiger partial charge in [0.15, 0.2) is 0 Å². The van der Waals surface area contributed by atoms with Crippen LogP contribution >= 0.6 is 11.8 Å². The van der Waals surface area contributed by atoms with Gasteiger partial charge >= 0.3 is 6.18 Å². The minimum atomic E-state index is -4.47. The van der Waals surface area contributed by atoms with Gasteiger partial charge in [-0.1, -0.05) is 24.3 Å². The molecule has 2 rings (SSSR count). The fraction of sp³-hybridized carbons (Fsp3) is 0.176. The van der Waals surface area contributed by atoms with Crippen molar-refractivity contribution < 1.29 is 22.8 Å². The lowest BCUT2D eigenvalue weighted by atomic mass is 10.2. The monoisotopic (exact) mass is 368 g/mol. The molecular weight excluding hydrogens is 353 g/mol. The van der Waals surface area contributed by atoms with Gasteiger partial charge in [-0.2, -0.15) is 13.2 Å². The molecule has 8 heteroatoms. The van der Waals surface area contributed by atoms with E-state index in [2.05, 4.69) is 10.6 Å². The van der Waals surface area contributed by atoms with E-state index in [0.29, 0.717) is 5.69 Å². The number of carbonyl (C=O) groups is 2. The number of para-hydroxylation sites is 1. The van der Waals surface area contributed by atoms with Crippen molar-refractivity contribution in [2.75, 3.05) is 22.1 Å². The molecule has 0 spiro atoms. The molecule has 4 nitrogen and oxygen atoms in total. The fourth-order valence-corrected chi connectivity index (χ4v) is 2.54. The van der Waals surface area contributed by atoms with Crippen molar-refractivity contribution in [3.8, 4) is 0 Å². The largest absolute Gasteiger partial charge is 0.416 e. The van der Waals surface area contributed by atoms with Gasteiger partial charge in [-0.3, -0.25) is 9.59 Å². The predicted molar refractivity (Wildman–Crippen MR) is 92.5 cm³/mol. The molecule has 0 saturated carbocycles. The molecule has 2 N–H and O–H groups in total. The summed E-state index contributed by atoms with van der Waals surface area (Å²) in [6.07, 6.45) is -4.47. The Morgan fingerprint density at radius 3 is 2.00 bits per heavy atom. The highest BCUT2D eigenvalue weighted by molar-refractivity contribution is 8.00. The van der Waals surface area contributed by atoms with Crippen molar-refractivity contribution in [3.63, 3.8) is 0 Å². The normalized spacial score (nSPS) is 11.0. The van der Waals surface area contributed by atoms with E-state index in [4.69, 9.17) is 0 Å². The Labute approximate surface area is 146 Å². The summed E-state index contributed by atoms with van der Waals surface area (Å²) in [7, 11) is 0. The van der Waals surface area contributed by atoms with Crippen molar-refractivity contribution in [2.24, 2.45) is 0 Å². The highest BCUT2D eigenvalue weighted by Gasteiger charge is 2.30. The third-order valence-electron chi connectivity index (χ3n) is 3.00. The van der Waals surface area contributed by atoms with Crippen LogP contribution < -0.4 is 10.6 Å². The molecule has 0 aliphatic rings. The lowest BCUT2D eigenvalue weighted by Gasteiger charge is -2.10. The first-order chi connectivity index (χ1) is 11.8. The van der Waals surface area contributed by atoms with Gasteiger partial charge in [-0.15, -0.1) is 11.8 Å². The topological polar surface area (TPSA) is 58.2 Å². The number of anilines is 2. The summed E-state index contributed by atoms with van der Waals surface area (Å²) in [4.78, 5) is 23.5. The molecule has 0 aliphatic carbocycles. The molecule has 0 bridgehead atoms. The predicted octanol–water partition coefficient (Wildman–Crippen LogP) is 4.02. The summed E-state index contributed by atoms with van der Waals surface area (Å²) in [5.41, 5.74) is -0.115. The zero-order valence-electron chi connectivity index (χ0n) is 13.0. The summed E-state index contributed by atoms with van der Waals surface area (Å²) in [5, 5.41) is 5.06. The molecule has 132 valence electrons. The van der Waals surface area contributed by atoms with Gasteiger partial charge in [-0.25, -0.2) is 0 Å². The SMILES string of the molecule is O=C(CSCC(=O)Nc1cccc(C(F)(F)F)c1)Nc1ccccc1. The number of thioether (sulfide) groups is 1. The van der Waals surface area contributed by atoms with Gasteiger partial charge in [0.1, 0.15) is 0 Å².